The quantitative estimate of drug-likeness (QED) is 0.655. The monoisotopic (exact) mass is 360 g/mol. The van der Waals surface area contributed by atoms with Crippen LogP contribution >= 0.6 is 23.1 Å². The van der Waals surface area contributed by atoms with Gasteiger partial charge in [-0.05, 0) is 35.7 Å². The summed E-state index contributed by atoms with van der Waals surface area (Å²) < 4.78 is 5.19. The van der Waals surface area contributed by atoms with Gasteiger partial charge < -0.3 is 9.64 Å². The molecule has 0 bridgehead atoms. The fourth-order valence-corrected chi connectivity index (χ4v) is 3.46. The molecule has 8 heteroatoms. The van der Waals surface area contributed by atoms with Crippen molar-refractivity contribution in [2.75, 3.05) is 17.8 Å². The molecular weight excluding hydrogens is 344 g/mol. The SMILES string of the molecule is COc1ccc(N(Cc2cccs2)C(=O)CSc2ncn[nH]2)cc1. The van der Waals surface area contributed by atoms with Crippen LogP contribution in [0.25, 0.3) is 0 Å². The first-order chi connectivity index (χ1) is 11.8. The first-order valence-corrected chi connectivity index (χ1v) is 9.08. The number of nitrogens with one attached hydrogen (secondary N) is 1. The number of carbonyl (C=O) groups is 1. The van der Waals surface area contributed by atoms with Crippen molar-refractivity contribution in [3.8, 4) is 5.75 Å². The number of aromatic nitrogens is 3. The molecule has 0 saturated heterocycles. The van der Waals surface area contributed by atoms with Gasteiger partial charge in [-0.2, -0.15) is 5.10 Å². The van der Waals surface area contributed by atoms with Crippen LogP contribution in [0.5, 0.6) is 5.75 Å². The maximum absolute atomic E-state index is 12.7. The molecule has 2 aromatic heterocycles. The number of carbonyl (C=O) groups excluding carboxylic acids is 1. The van der Waals surface area contributed by atoms with Crippen molar-refractivity contribution >= 4 is 34.7 Å². The lowest BCUT2D eigenvalue weighted by atomic mass is 10.2. The molecule has 0 saturated carbocycles. The average Bonchev–Trinajstić information content (AvgIpc) is 3.31. The third-order valence-electron chi connectivity index (χ3n) is 3.30. The number of amides is 1. The van der Waals surface area contributed by atoms with Crippen LogP contribution in [-0.4, -0.2) is 34.0 Å². The zero-order chi connectivity index (χ0) is 16.8. The summed E-state index contributed by atoms with van der Waals surface area (Å²) in [6.07, 6.45) is 1.43. The number of aromatic amines is 1. The zero-order valence-corrected chi connectivity index (χ0v) is 14.6. The van der Waals surface area contributed by atoms with Gasteiger partial charge in [0.25, 0.3) is 0 Å². The maximum Gasteiger partial charge on any atom is 0.237 e. The molecule has 124 valence electrons. The molecule has 0 fully saturated rings. The van der Waals surface area contributed by atoms with Gasteiger partial charge in [-0.3, -0.25) is 9.89 Å². The number of thioether (sulfide) groups is 1. The van der Waals surface area contributed by atoms with E-state index >= 15 is 0 Å². The highest BCUT2D eigenvalue weighted by molar-refractivity contribution is 7.99. The van der Waals surface area contributed by atoms with E-state index in [0.717, 1.165) is 16.3 Å². The molecule has 1 N–H and O–H groups in total. The third kappa shape index (κ3) is 4.15. The summed E-state index contributed by atoms with van der Waals surface area (Å²) in [5, 5.41) is 9.18. The fraction of sp³-hybridized carbons (Fsp3) is 0.188. The van der Waals surface area contributed by atoms with Gasteiger partial charge in [0.05, 0.1) is 19.4 Å². The predicted octanol–water partition coefficient (Wildman–Crippen LogP) is 3.20. The Kier molecular flexibility index (Phi) is 5.50. The molecule has 0 spiro atoms. The van der Waals surface area contributed by atoms with Crippen LogP contribution in [0.15, 0.2) is 53.3 Å². The molecule has 0 aliphatic rings. The largest absolute Gasteiger partial charge is 0.497 e. The van der Waals surface area contributed by atoms with Crippen LogP contribution in [0.4, 0.5) is 5.69 Å². The second-order valence-corrected chi connectivity index (χ2v) is 6.83. The molecule has 0 unspecified atom stereocenters. The second-order valence-electron chi connectivity index (χ2n) is 4.84. The highest BCUT2D eigenvalue weighted by Gasteiger charge is 2.18. The van der Waals surface area contributed by atoms with Crippen LogP contribution < -0.4 is 9.64 Å². The smallest absolute Gasteiger partial charge is 0.237 e. The maximum atomic E-state index is 12.7. The first kappa shape index (κ1) is 16.5. The van der Waals surface area contributed by atoms with Gasteiger partial charge >= 0.3 is 0 Å². The van der Waals surface area contributed by atoms with E-state index in [1.54, 1.807) is 23.3 Å². The molecule has 3 rings (SSSR count). The summed E-state index contributed by atoms with van der Waals surface area (Å²) in [7, 11) is 1.62. The Morgan fingerprint density at radius 3 is 2.79 bits per heavy atom. The summed E-state index contributed by atoms with van der Waals surface area (Å²) in [6, 6.07) is 11.5. The van der Waals surface area contributed by atoms with Gasteiger partial charge in [-0.1, -0.05) is 17.8 Å². The number of anilines is 1. The molecule has 0 atom stereocenters. The van der Waals surface area contributed by atoms with Crippen LogP contribution in [0.2, 0.25) is 0 Å². The van der Waals surface area contributed by atoms with E-state index in [1.165, 1.54) is 18.1 Å². The average molecular weight is 360 g/mol. The van der Waals surface area contributed by atoms with Crippen molar-refractivity contribution in [1.29, 1.82) is 0 Å². The lowest BCUT2D eigenvalue weighted by Gasteiger charge is -2.22. The lowest BCUT2D eigenvalue weighted by Crippen LogP contribution is -2.31. The number of thiophene rings is 1. The van der Waals surface area contributed by atoms with E-state index in [4.69, 9.17) is 4.74 Å². The summed E-state index contributed by atoms with van der Waals surface area (Å²) in [5.41, 5.74) is 0.840. The van der Waals surface area contributed by atoms with Gasteiger partial charge in [0.15, 0.2) is 5.16 Å². The van der Waals surface area contributed by atoms with Crippen molar-refractivity contribution in [2.45, 2.75) is 11.7 Å². The topological polar surface area (TPSA) is 71.1 Å². The number of hydrogen-bond donors (Lipinski definition) is 1. The highest BCUT2D eigenvalue weighted by atomic mass is 32.2. The van der Waals surface area contributed by atoms with Crippen molar-refractivity contribution < 1.29 is 9.53 Å². The van der Waals surface area contributed by atoms with Gasteiger partial charge in [0.1, 0.15) is 12.1 Å². The van der Waals surface area contributed by atoms with Crippen molar-refractivity contribution in [3.05, 3.63) is 53.0 Å². The van der Waals surface area contributed by atoms with Crippen molar-refractivity contribution in [2.24, 2.45) is 0 Å². The van der Waals surface area contributed by atoms with E-state index in [9.17, 15) is 4.79 Å². The Balaban J connectivity index is 1.76. The van der Waals surface area contributed by atoms with Crippen molar-refractivity contribution in [1.82, 2.24) is 15.2 Å². The molecule has 0 aliphatic heterocycles. The Morgan fingerprint density at radius 2 is 2.17 bits per heavy atom. The molecule has 1 aromatic carbocycles. The summed E-state index contributed by atoms with van der Waals surface area (Å²) in [6.45, 7) is 0.541. The van der Waals surface area contributed by atoms with Crippen molar-refractivity contribution in [3.63, 3.8) is 0 Å². The molecule has 6 nitrogen and oxygen atoms in total. The van der Waals surface area contributed by atoms with Crippen LogP contribution in [0.3, 0.4) is 0 Å². The third-order valence-corrected chi connectivity index (χ3v) is 5.03. The zero-order valence-electron chi connectivity index (χ0n) is 13.0. The molecule has 2 heterocycles. The van der Waals surface area contributed by atoms with Gasteiger partial charge in [-0.15, -0.1) is 11.3 Å². The van der Waals surface area contributed by atoms with Gasteiger partial charge in [0, 0.05) is 10.6 Å². The molecule has 0 radical (unpaired) electrons. The minimum absolute atomic E-state index is 0.00923. The Hall–Kier alpha value is -2.32. The Morgan fingerprint density at radius 1 is 1.33 bits per heavy atom. The summed E-state index contributed by atoms with van der Waals surface area (Å²) in [5.74, 6) is 1.06. The molecule has 1 amide bonds. The van der Waals surface area contributed by atoms with E-state index < -0.39 is 0 Å². The number of H-pyrrole nitrogens is 1. The predicted molar refractivity (Wildman–Crippen MR) is 95.6 cm³/mol. The number of hydrogen-bond acceptors (Lipinski definition) is 6. The Labute approximate surface area is 147 Å². The number of benzene rings is 1. The molecular formula is C16H16N4O2S2. The lowest BCUT2D eigenvalue weighted by molar-refractivity contribution is -0.116. The Bertz CT molecular complexity index is 758. The normalized spacial score (nSPS) is 10.5. The number of ether oxygens (including phenoxy) is 1. The molecule has 3 aromatic rings. The van der Waals surface area contributed by atoms with Gasteiger partial charge in [-0.25, -0.2) is 4.98 Å². The standard InChI is InChI=1S/C16H16N4O2S2/c1-22-13-6-4-12(5-7-13)20(9-14-3-2-8-23-14)15(21)10-24-16-17-11-18-19-16/h2-8,11H,9-10H2,1H3,(H,17,18,19). The molecule has 0 aliphatic carbocycles. The van der Waals surface area contributed by atoms with Crippen LogP contribution in [-0.2, 0) is 11.3 Å². The van der Waals surface area contributed by atoms with E-state index in [1.807, 2.05) is 41.8 Å². The number of methoxy groups -OCH3 is 1. The van der Waals surface area contributed by atoms with E-state index in [-0.39, 0.29) is 11.7 Å². The minimum Gasteiger partial charge on any atom is -0.497 e. The molecule has 24 heavy (non-hydrogen) atoms. The van der Waals surface area contributed by atoms with Crippen LogP contribution in [0, 0.1) is 0 Å². The van der Waals surface area contributed by atoms with Crippen LogP contribution in [0.1, 0.15) is 4.88 Å². The number of nitrogens with zero attached hydrogens (tertiary/aromatic N) is 3. The van der Waals surface area contributed by atoms with E-state index in [0.29, 0.717) is 11.7 Å². The minimum atomic E-state index is 0.00923. The fourth-order valence-electron chi connectivity index (χ4n) is 2.12. The summed E-state index contributed by atoms with van der Waals surface area (Å²) >= 11 is 2.97. The van der Waals surface area contributed by atoms with E-state index in [2.05, 4.69) is 15.2 Å². The van der Waals surface area contributed by atoms with Gasteiger partial charge in [0.2, 0.25) is 5.91 Å². The first-order valence-electron chi connectivity index (χ1n) is 7.21. The highest BCUT2D eigenvalue weighted by Crippen LogP contribution is 2.24. The number of rotatable bonds is 7. The summed E-state index contributed by atoms with van der Waals surface area (Å²) in [4.78, 5) is 19.7. The second kappa shape index (κ2) is 7.98.